The third-order valence-electron chi connectivity index (χ3n) is 4.47. The number of carbonyl (C=O) groups excluding carboxylic acids is 2. The van der Waals surface area contributed by atoms with Crippen LogP contribution in [0.3, 0.4) is 0 Å². The number of morpholine rings is 1. The number of aromatic nitrogens is 1. The van der Waals surface area contributed by atoms with E-state index in [1.54, 1.807) is 16.2 Å². The highest BCUT2D eigenvalue weighted by Crippen LogP contribution is 2.32. The number of hydrogen-bond acceptors (Lipinski definition) is 5. The zero-order chi connectivity index (χ0) is 18.0. The van der Waals surface area contributed by atoms with Gasteiger partial charge in [0.2, 0.25) is 0 Å². The molecule has 25 heavy (non-hydrogen) atoms. The highest BCUT2D eigenvalue weighted by Gasteiger charge is 2.30. The molecule has 1 saturated heterocycles. The summed E-state index contributed by atoms with van der Waals surface area (Å²) in [5, 5.41) is 0.931. The van der Waals surface area contributed by atoms with Crippen LogP contribution < -0.4 is 0 Å². The first-order valence-electron chi connectivity index (χ1n) is 8.22. The van der Waals surface area contributed by atoms with Crippen LogP contribution in [-0.4, -0.2) is 54.3 Å². The minimum absolute atomic E-state index is 0.0104. The highest BCUT2D eigenvalue weighted by molar-refractivity contribution is 7.15. The van der Waals surface area contributed by atoms with Gasteiger partial charge in [-0.25, -0.2) is 0 Å². The van der Waals surface area contributed by atoms with Crippen molar-refractivity contribution in [1.82, 2.24) is 9.47 Å². The van der Waals surface area contributed by atoms with Crippen LogP contribution in [0, 0.1) is 13.8 Å². The molecule has 7 heteroatoms. The lowest BCUT2D eigenvalue weighted by Crippen LogP contribution is -2.46. The summed E-state index contributed by atoms with van der Waals surface area (Å²) in [6, 6.07) is 3.89. The monoisotopic (exact) mass is 362 g/mol. The van der Waals surface area contributed by atoms with E-state index in [1.165, 1.54) is 7.11 Å². The van der Waals surface area contributed by atoms with E-state index in [2.05, 4.69) is 0 Å². The van der Waals surface area contributed by atoms with Gasteiger partial charge in [0.15, 0.2) is 0 Å². The third-order valence-corrected chi connectivity index (χ3v) is 5.69. The van der Waals surface area contributed by atoms with Gasteiger partial charge in [0.25, 0.3) is 5.91 Å². The van der Waals surface area contributed by atoms with Gasteiger partial charge in [0.05, 0.1) is 31.8 Å². The molecule has 0 saturated carbocycles. The summed E-state index contributed by atoms with van der Waals surface area (Å²) in [6.45, 7) is 5.36. The average molecular weight is 362 g/mol. The van der Waals surface area contributed by atoms with E-state index in [1.807, 2.05) is 42.9 Å². The number of methoxy groups -OCH3 is 1. The van der Waals surface area contributed by atoms with Gasteiger partial charge in [-0.2, -0.15) is 0 Å². The van der Waals surface area contributed by atoms with Gasteiger partial charge >= 0.3 is 5.97 Å². The Bertz CT molecular complexity index is 766. The molecule has 2 aromatic heterocycles. The van der Waals surface area contributed by atoms with E-state index in [4.69, 9.17) is 9.47 Å². The summed E-state index contributed by atoms with van der Waals surface area (Å²) < 4.78 is 12.3. The number of amides is 1. The van der Waals surface area contributed by atoms with Crippen LogP contribution in [-0.2, 0) is 14.3 Å². The maximum absolute atomic E-state index is 13.2. The smallest absolute Gasteiger partial charge is 0.308 e. The molecule has 3 rings (SSSR count). The van der Waals surface area contributed by atoms with E-state index in [0.717, 1.165) is 21.0 Å². The Morgan fingerprint density at radius 1 is 1.32 bits per heavy atom. The number of rotatable bonds is 4. The molecule has 0 aromatic carbocycles. The number of nitrogens with zero attached hydrogens (tertiary/aromatic N) is 2. The summed E-state index contributed by atoms with van der Waals surface area (Å²) in [4.78, 5) is 27.6. The van der Waals surface area contributed by atoms with Crippen molar-refractivity contribution in [2.24, 2.45) is 0 Å². The molecular formula is C18H22N2O4S. The van der Waals surface area contributed by atoms with Crippen molar-refractivity contribution >= 4 is 23.2 Å². The van der Waals surface area contributed by atoms with Crippen molar-refractivity contribution in [2.45, 2.75) is 26.4 Å². The fraction of sp³-hybridized carbons (Fsp3) is 0.444. The van der Waals surface area contributed by atoms with Crippen molar-refractivity contribution < 1.29 is 19.1 Å². The van der Waals surface area contributed by atoms with Crippen LogP contribution >= 0.6 is 11.3 Å². The van der Waals surface area contributed by atoms with Crippen LogP contribution in [0.2, 0.25) is 0 Å². The second kappa shape index (κ2) is 7.41. The molecule has 3 heterocycles. The van der Waals surface area contributed by atoms with Gasteiger partial charge in [-0.15, -0.1) is 11.3 Å². The first kappa shape index (κ1) is 17.7. The standard InChI is InChI=1S/C18H22N2O4S/c1-12-13(2)25-18(19-6-4-5-7-19)16(12)17(22)20-8-9-24-14(11-20)10-15(21)23-3/h4-7,14H,8-11H2,1-3H3/t14-/m1/s1. The lowest BCUT2D eigenvalue weighted by molar-refractivity contribution is -0.145. The lowest BCUT2D eigenvalue weighted by atomic mass is 10.1. The summed E-state index contributed by atoms with van der Waals surface area (Å²) >= 11 is 1.62. The van der Waals surface area contributed by atoms with Gasteiger partial charge in [0.1, 0.15) is 5.00 Å². The van der Waals surface area contributed by atoms with Crippen LogP contribution in [0.1, 0.15) is 27.2 Å². The molecule has 0 radical (unpaired) electrons. The number of hydrogen-bond donors (Lipinski definition) is 0. The summed E-state index contributed by atoms with van der Waals surface area (Å²) in [5.74, 6) is -0.335. The zero-order valence-corrected chi connectivity index (χ0v) is 15.5. The molecule has 1 aliphatic heterocycles. The number of ether oxygens (including phenoxy) is 2. The first-order chi connectivity index (χ1) is 12.0. The van der Waals surface area contributed by atoms with E-state index in [0.29, 0.717) is 19.7 Å². The minimum atomic E-state index is -0.324. The molecule has 0 spiro atoms. The zero-order valence-electron chi connectivity index (χ0n) is 14.7. The van der Waals surface area contributed by atoms with Crippen molar-refractivity contribution in [1.29, 1.82) is 0 Å². The van der Waals surface area contributed by atoms with Crippen molar-refractivity contribution in [3.63, 3.8) is 0 Å². The van der Waals surface area contributed by atoms with Crippen molar-refractivity contribution in [2.75, 3.05) is 26.8 Å². The Balaban J connectivity index is 1.84. The molecular weight excluding hydrogens is 340 g/mol. The molecule has 6 nitrogen and oxygen atoms in total. The summed E-state index contributed by atoms with van der Waals surface area (Å²) in [7, 11) is 1.36. The predicted octanol–water partition coefficient (Wildman–Crippen LogP) is 2.56. The Morgan fingerprint density at radius 3 is 2.72 bits per heavy atom. The second-order valence-corrected chi connectivity index (χ2v) is 7.28. The molecule has 1 amide bonds. The fourth-order valence-corrected chi connectivity index (χ4v) is 4.08. The van der Waals surface area contributed by atoms with E-state index < -0.39 is 0 Å². The third kappa shape index (κ3) is 3.62. The van der Waals surface area contributed by atoms with Crippen LogP contribution in [0.15, 0.2) is 24.5 Å². The maximum Gasteiger partial charge on any atom is 0.308 e. The van der Waals surface area contributed by atoms with Gasteiger partial charge in [0, 0.05) is 30.4 Å². The topological polar surface area (TPSA) is 60.8 Å². The van der Waals surface area contributed by atoms with E-state index >= 15 is 0 Å². The maximum atomic E-state index is 13.2. The number of carbonyl (C=O) groups is 2. The molecule has 0 unspecified atom stereocenters. The lowest BCUT2D eigenvalue weighted by Gasteiger charge is -2.32. The highest BCUT2D eigenvalue weighted by atomic mass is 32.1. The van der Waals surface area contributed by atoms with Gasteiger partial charge in [-0.1, -0.05) is 0 Å². The molecule has 1 fully saturated rings. The summed E-state index contributed by atoms with van der Waals surface area (Å²) in [6.07, 6.45) is 3.73. The SMILES string of the molecule is COC(=O)C[C@@H]1CN(C(=O)c2c(-n3cccc3)sc(C)c2C)CCO1. The van der Waals surface area contributed by atoms with Gasteiger partial charge in [-0.3, -0.25) is 9.59 Å². The molecule has 2 aromatic rings. The molecule has 0 N–H and O–H groups in total. The van der Waals surface area contributed by atoms with Crippen LogP contribution in [0.25, 0.3) is 5.00 Å². The largest absolute Gasteiger partial charge is 0.469 e. The molecule has 1 aliphatic rings. The van der Waals surface area contributed by atoms with Crippen LogP contribution in [0.4, 0.5) is 0 Å². The van der Waals surface area contributed by atoms with Gasteiger partial charge in [-0.05, 0) is 31.5 Å². The minimum Gasteiger partial charge on any atom is -0.469 e. The average Bonchev–Trinajstić information content (AvgIpc) is 3.23. The second-order valence-electron chi connectivity index (χ2n) is 6.08. The quantitative estimate of drug-likeness (QED) is 0.785. The van der Waals surface area contributed by atoms with E-state index in [9.17, 15) is 9.59 Å². The van der Waals surface area contributed by atoms with Crippen molar-refractivity contribution in [3.05, 3.63) is 40.5 Å². The van der Waals surface area contributed by atoms with Crippen molar-refractivity contribution in [3.8, 4) is 5.00 Å². The fourth-order valence-electron chi connectivity index (χ4n) is 2.97. The van der Waals surface area contributed by atoms with Crippen LogP contribution in [0.5, 0.6) is 0 Å². The Morgan fingerprint density at radius 2 is 2.04 bits per heavy atom. The molecule has 134 valence electrons. The molecule has 0 bridgehead atoms. The van der Waals surface area contributed by atoms with E-state index in [-0.39, 0.29) is 24.4 Å². The Kier molecular flexibility index (Phi) is 5.24. The number of aryl methyl sites for hydroxylation is 1. The summed E-state index contributed by atoms with van der Waals surface area (Å²) in [5.41, 5.74) is 1.74. The Labute approximate surface area is 151 Å². The first-order valence-corrected chi connectivity index (χ1v) is 9.04. The predicted molar refractivity (Wildman–Crippen MR) is 95.4 cm³/mol. The molecule has 1 atom stereocenters. The Hall–Kier alpha value is -2.12. The number of thiophene rings is 1. The van der Waals surface area contributed by atoms with Gasteiger partial charge < -0.3 is 18.9 Å². The number of esters is 1. The normalized spacial score (nSPS) is 17.6. The molecule has 0 aliphatic carbocycles.